The number of benzene rings is 2. The van der Waals surface area contributed by atoms with Gasteiger partial charge in [-0.2, -0.15) is 4.98 Å². The average Bonchev–Trinajstić information content (AvgIpc) is 3.49. The van der Waals surface area contributed by atoms with Crippen LogP contribution in [0.2, 0.25) is 5.02 Å². The topological polar surface area (TPSA) is 117 Å². The fraction of sp³-hybridized carbons (Fsp3) is 0.455. The Hall–Kier alpha value is -3.26. The van der Waals surface area contributed by atoms with Gasteiger partial charge in [-0.1, -0.05) is 48.0 Å². The number of ether oxygens (including phenoxy) is 4. The quantitative estimate of drug-likeness (QED) is 0.185. The number of carbonyl (C=O) groups excluding carboxylic acids is 2. The third-order valence-electron chi connectivity index (χ3n) is 8.46. The van der Waals surface area contributed by atoms with Gasteiger partial charge >= 0.3 is 5.97 Å². The molecule has 1 N–H and O–H groups in total. The van der Waals surface area contributed by atoms with Gasteiger partial charge in [0.15, 0.2) is 18.1 Å². The van der Waals surface area contributed by atoms with Gasteiger partial charge in [0.05, 0.1) is 30.4 Å². The molecule has 0 bridgehead atoms. The van der Waals surface area contributed by atoms with Crippen LogP contribution >= 0.6 is 39.3 Å². The first-order valence-electron chi connectivity index (χ1n) is 15.7. The Bertz CT molecular complexity index is 1660. The Balaban J connectivity index is 1.32. The predicted octanol–water partition coefficient (Wildman–Crippen LogP) is 6.40. The fourth-order valence-electron chi connectivity index (χ4n) is 6.00. The number of rotatable bonds is 10. The second-order valence-corrected chi connectivity index (χ2v) is 13.8. The molecular weight excluding hydrogens is 710 g/mol. The molecule has 14 heteroatoms. The van der Waals surface area contributed by atoms with Crippen molar-refractivity contribution in [2.75, 3.05) is 45.3 Å². The van der Waals surface area contributed by atoms with Gasteiger partial charge in [0.25, 0.3) is 5.91 Å². The Kier molecular flexibility index (Phi) is 11.0. The molecule has 2 aliphatic heterocycles. The maximum atomic E-state index is 13.9. The predicted molar refractivity (Wildman–Crippen MR) is 182 cm³/mol. The molecule has 3 aliphatic rings. The van der Waals surface area contributed by atoms with Crippen LogP contribution in [0.15, 0.2) is 57.3 Å². The second kappa shape index (κ2) is 15.3. The number of halogens is 2. The third-order valence-corrected chi connectivity index (χ3v) is 10.3. The minimum Gasteiger partial charge on any atom is -0.493 e. The monoisotopic (exact) mass is 745 g/mol. The summed E-state index contributed by atoms with van der Waals surface area (Å²) in [6.07, 6.45) is 4.80. The van der Waals surface area contributed by atoms with Crippen molar-refractivity contribution < 1.29 is 28.5 Å². The number of allylic oxidation sites excluding steroid dienone is 1. The molecule has 1 amide bonds. The van der Waals surface area contributed by atoms with Crippen molar-refractivity contribution in [1.82, 2.24) is 19.7 Å². The third kappa shape index (κ3) is 7.74. The number of nitrogens with zero attached hydrogens (tertiary/aromatic N) is 4. The Morgan fingerprint density at radius 1 is 1.15 bits per heavy atom. The fourth-order valence-corrected chi connectivity index (χ4v) is 7.69. The molecule has 3 heterocycles. The number of methoxy groups -OCH3 is 1. The number of morpholine rings is 1. The number of aromatic nitrogens is 3. The number of hydrogen-bond acceptors (Lipinski definition) is 10. The Morgan fingerprint density at radius 2 is 1.91 bits per heavy atom. The number of amides is 1. The zero-order chi connectivity index (χ0) is 32.9. The second-order valence-electron chi connectivity index (χ2n) is 11.6. The summed E-state index contributed by atoms with van der Waals surface area (Å²) in [5, 5.41) is 9.35. The highest BCUT2D eigenvalue weighted by Crippen LogP contribution is 2.44. The normalized spacial score (nSPS) is 18.4. The van der Waals surface area contributed by atoms with E-state index in [2.05, 4.69) is 21.2 Å². The first kappa shape index (κ1) is 33.6. The van der Waals surface area contributed by atoms with Gasteiger partial charge in [-0.25, -0.2) is 9.48 Å². The number of carbonyl (C=O) groups is 2. The van der Waals surface area contributed by atoms with E-state index < -0.39 is 12.0 Å². The zero-order valence-corrected chi connectivity index (χ0v) is 29.5. The molecule has 0 radical (unpaired) electrons. The highest BCUT2D eigenvalue weighted by molar-refractivity contribution is 9.10. The molecule has 1 aromatic heterocycles. The lowest BCUT2D eigenvalue weighted by Gasteiger charge is -2.30. The molecule has 0 spiro atoms. The van der Waals surface area contributed by atoms with Crippen LogP contribution in [-0.2, 0) is 24.8 Å². The van der Waals surface area contributed by atoms with E-state index in [0.717, 1.165) is 37.7 Å². The number of fused-ring (bicyclic) bond motifs is 1. The van der Waals surface area contributed by atoms with Gasteiger partial charge in [0, 0.05) is 29.6 Å². The van der Waals surface area contributed by atoms with Crippen molar-refractivity contribution in [3.63, 3.8) is 0 Å². The summed E-state index contributed by atoms with van der Waals surface area (Å²) in [5.74, 6) is 1.32. The van der Waals surface area contributed by atoms with Gasteiger partial charge in [0.2, 0.25) is 11.1 Å². The summed E-state index contributed by atoms with van der Waals surface area (Å²) in [4.78, 5) is 33.2. The maximum Gasteiger partial charge on any atom is 0.338 e. The lowest BCUT2D eigenvalue weighted by Crippen LogP contribution is -2.43. The van der Waals surface area contributed by atoms with Crippen molar-refractivity contribution in [1.29, 1.82) is 0 Å². The van der Waals surface area contributed by atoms with Crippen LogP contribution in [0, 0.1) is 0 Å². The lowest BCUT2D eigenvalue weighted by atomic mass is 9.94. The van der Waals surface area contributed by atoms with Gasteiger partial charge in [-0.3, -0.25) is 4.79 Å². The molecule has 2 fully saturated rings. The van der Waals surface area contributed by atoms with E-state index in [1.807, 2.05) is 37.3 Å². The molecule has 1 aliphatic carbocycles. The van der Waals surface area contributed by atoms with Crippen molar-refractivity contribution in [3.05, 3.63) is 68.3 Å². The molecule has 6 rings (SSSR count). The van der Waals surface area contributed by atoms with Crippen LogP contribution in [0.1, 0.15) is 56.2 Å². The zero-order valence-electron chi connectivity index (χ0n) is 26.3. The van der Waals surface area contributed by atoms with E-state index in [1.165, 1.54) is 18.9 Å². The summed E-state index contributed by atoms with van der Waals surface area (Å²) in [7, 11) is 1.54. The summed E-state index contributed by atoms with van der Waals surface area (Å²) in [5.41, 5.74) is 2.73. The van der Waals surface area contributed by atoms with Crippen molar-refractivity contribution in [3.8, 4) is 11.5 Å². The smallest absolute Gasteiger partial charge is 0.338 e. The summed E-state index contributed by atoms with van der Waals surface area (Å²) < 4.78 is 25.5. The molecule has 47 heavy (non-hydrogen) atoms. The van der Waals surface area contributed by atoms with Crippen molar-refractivity contribution >= 4 is 57.1 Å². The largest absolute Gasteiger partial charge is 0.493 e. The van der Waals surface area contributed by atoms with Crippen LogP contribution in [0.4, 0.5) is 5.95 Å². The molecule has 2 aromatic carbocycles. The molecule has 1 saturated heterocycles. The number of hydrogen-bond donors (Lipinski definition) is 1. The number of thioether (sulfide) groups is 1. The summed E-state index contributed by atoms with van der Waals surface area (Å²) in [6.45, 7) is 3.76. The van der Waals surface area contributed by atoms with Crippen molar-refractivity contribution in [2.24, 2.45) is 0 Å². The van der Waals surface area contributed by atoms with Gasteiger partial charge in [-0.05, 0) is 77.9 Å². The number of nitrogens with one attached hydrogen (secondary N) is 1. The number of anilines is 1. The van der Waals surface area contributed by atoms with Gasteiger partial charge < -0.3 is 29.2 Å². The van der Waals surface area contributed by atoms with Crippen LogP contribution in [0.25, 0.3) is 0 Å². The van der Waals surface area contributed by atoms with Gasteiger partial charge in [0.1, 0.15) is 12.1 Å². The lowest BCUT2D eigenvalue weighted by molar-refractivity contribution is -0.146. The molecule has 250 valence electrons. The Morgan fingerprint density at radius 3 is 2.66 bits per heavy atom. The van der Waals surface area contributed by atoms with E-state index in [-0.39, 0.29) is 18.6 Å². The first-order chi connectivity index (χ1) is 22.8. The van der Waals surface area contributed by atoms with E-state index in [4.69, 9.17) is 40.6 Å². The van der Waals surface area contributed by atoms with Crippen molar-refractivity contribution in [2.45, 2.75) is 62.1 Å². The van der Waals surface area contributed by atoms with Gasteiger partial charge in [-0.15, -0.1) is 5.10 Å². The van der Waals surface area contributed by atoms with E-state index in [0.29, 0.717) is 81.0 Å². The number of esters is 1. The highest BCUT2D eigenvalue weighted by Gasteiger charge is 2.37. The summed E-state index contributed by atoms with van der Waals surface area (Å²) in [6, 6.07) is 10.6. The standard InChI is InChI=1S/C33H37BrClN5O6S/c1-20-28(31(42)46-23-9-4-3-5-10-23)29(40-32(36-20)37-33(38-40)47-19-21-8-6-7-11-25(21)35)22-16-24(34)30(26(17-22)43-2)45-18-27(41)39-12-14-44-15-13-39/h6-8,11,16-17,23,29H,3-5,9-10,12-15,18-19H2,1-2H3,(H,36,37,38). The molecule has 11 nitrogen and oxygen atoms in total. The van der Waals surface area contributed by atoms with E-state index >= 15 is 0 Å². The van der Waals surface area contributed by atoms with E-state index in [1.54, 1.807) is 15.6 Å². The molecule has 1 saturated carbocycles. The molecule has 1 unspecified atom stereocenters. The maximum absolute atomic E-state index is 13.9. The first-order valence-corrected chi connectivity index (χ1v) is 17.8. The minimum atomic E-state index is -0.682. The van der Waals surface area contributed by atoms with Crippen LogP contribution in [-0.4, -0.2) is 77.7 Å². The highest BCUT2D eigenvalue weighted by atomic mass is 79.9. The summed E-state index contributed by atoms with van der Waals surface area (Å²) >= 11 is 11.5. The van der Waals surface area contributed by atoms with E-state index in [9.17, 15) is 9.59 Å². The molecule has 3 aromatic rings. The SMILES string of the molecule is COc1cc(C2C(C(=O)OC3CCCCC3)=C(C)Nc3nc(SCc4ccccc4Cl)nn32)cc(Br)c1OCC(=O)N1CCOCC1. The Labute approximate surface area is 291 Å². The molecule has 1 atom stereocenters. The van der Waals surface area contributed by atoms with Crippen LogP contribution < -0.4 is 14.8 Å². The van der Waals surface area contributed by atoms with Crippen LogP contribution in [0.5, 0.6) is 11.5 Å². The minimum absolute atomic E-state index is 0.128. The molecular formula is C33H37BrClN5O6S. The van der Waals surface area contributed by atoms with Crippen LogP contribution in [0.3, 0.4) is 0 Å². The average molecular weight is 747 g/mol.